The summed E-state index contributed by atoms with van der Waals surface area (Å²) in [6.07, 6.45) is 13.1. The molecule has 164 valence electrons. The first-order chi connectivity index (χ1) is 13.6. The van der Waals surface area contributed by atoms with E-state index in [9.17, 15) is 14.7 Å². The van der Waals surface area contributed by atoms with Crippen LogP contribution in [0.15, 0.2) is 12.2 Å². The summed E-state index contributed by atoms with van der Waals surface area (Å²) in [6, 6.07) is 0. The third-order valence-electron chi connectivity index (χ3n) is 9.22. The summed E-state index contributed by atoms with van der Waals surface area (Å²) in [5.74, 6) is 0.770. The number of carboxylic acid groups (broad SMARTS) is 1. The minimum atomic E-state index is -0.914. The fourth-order valence-electron chi connectivity index (χ4n) is 7.46. The summed E-state index contributed by atoms with van der Waals surface area (Å²) in [4.78, 5) is 25.2. The molecule has 0 aliphatic heterocycles. The van der Waals surface area contributed by atoms with Crippen molar-refractivity contribution in [2.45, 2.75) is 92.4 Å². The van der Waals surface area contributed by atoms with E-state index in [1.807, 2.05) is 13.0 Å². The molecule has 3 nitrogen and oxygen atoms in total. The molecule has 0 N–H and O–H groups in total. The lowest BCUT2D eigenvalue weighted by atomic mass is 9.50. The maximum absolute atomic E-state index is 12.8. The van der Waals surface area contributed by atoms with Gasteiger partial charge in [0.1, 0.15) is 0 Å². The second kappa shape index (κ2) is 8.55. The largest absolute Gasteiger partial charge is 0.550 e. The van der Waals surface area contributed by atoms with E-state index in [-0.39, 0.29) is 23.0 Å². The highest BCUT2D eigenvalue weighted by Crippen LogP contribution is 2.63. The lowest BCUT2D eigenvalue weighted by Gasteiger charge is -2.54. The van der Waals surface area contributed by atoms with Gasteiger partial charge in [0, 0.05) is 17.3 Å². The molecule has 2 saturated carbocycles. The molecule has 0 radical (unpaired) electrons. The van der Waals surface area contributed by atoms with Crippen LogP contribution in [-0.4, -0.2) is 11.8 Å². The molecule has 0 bridgehead atoms. The molecule has 3 rings (SSSR count). The summed E-state index contributed by atoms with van der Waals surface area (Å²) in [7, 11) is 0. The number of aliphatic carboxylic acids is 1. The second-order valence-electron chi connectivity index (χ2n) is 11.3. The Labute approximate surface area is 177 Å². The maximum atomic E-state index is 12.8. The number of carbonyl (C=O) groups excluding carboxylic acids is 2. The normalized spacial score (nSPS) is 40.8. The molecule has 0 aromatic rings. The highest BCUT2D eigenvalue weighted by molar-refractivity contribution is 5.96. The highest BCUT2D eigenvalue weighted by Gasteiger charge is 2.58. The van der Waals surface area contributed by atoms with Crippen LogP contribution in [0, 0.1) is 46.3 Å². The van der Waals surface area contributed by atoms with E-state index < -0.39 is 17.3 Å². The Kier molecular flexibility index (Phi) is 6.65. The Hall–Kier alpha value is -1.12. The van der Waals surface area contributed by atoms with Gasteiger partial charge < -0.3 is 9.90 Å². The van der Waals surface area contributed by atoms with Gasteiger partial charge in [0.15, 0.2) is 5.78 Å². The van der Waals surface area contributed by atoms with Crippen molar-refractivity contribution in [2.75, 3.05) is 0 Å². The van der Waals surface area contributed by atoms with Gasteiger partial charge in [0.2, 0.25) is 0 Å². The molecule has 3 aliphatic carbocycles. The summed E-state index contributed by atoms with van der Waals surface area (Å²) in [5.41, 5.74) is -0.468. The molecule has 0 amide bonds. The van der Waals surface area contributed by atoms with E-state index in [4.69, 9.17) is 0 Å². The zero-order chi connectivity index (χ0) is 21.4. The summed E-state index contributed by atoms with van der Waals surface area (Å²) in [6.45, 7) is 11.3. The average Bonchev–Trinajstić information content (AvgIpc) is 2.99. The number of hydrogen-bond acceptors (Lipinski definition) is 3. The van der Waals surface area contributed by atoms with E-state index in [1.54, 1.807) is 6.08 Å². The number of fused-ring (bicyclic) bond motifs is 1. The van der Waals surface area contributed by atoms with Gasteiger partial charge in [-0.1, -0.05) is 60.0 Å². The zero-order valence-electron chi connectivity index (χ0n) is 19.2. The predicted octanol–water partition coefficient (Wildman–Crippen LogP) is 5.18. The molecular weight excluding hydrogens is 360 g/mol. The second-order valence-corrected chi connectivity index (χ2v) is 11.3. The quantitative estimate of drug-likeness (QED) is 0.590. The standard InChI is InChI=1S/C26H42O3/c1-17(2)9-8-10-18(3)19-12-13-20-23(24(28)29)21(14-16-25(19,20)4)26(5)15-7-6-11-22(26)27/h6,11,17-21,23H,7-10,12-16H2,1-5H3,(H,28,29)/p-1/t18-,19+,20+,21+,23-,25-,26-/m1/s1. The van der Waals surface area contributed by atoms with Crippen LogP contribution in [0.3, 0.4) is 0 Å². The highest BCUT2D eigenvalue weighted by atomic mass is 16.4. The molecule has 0 heterocycles. The van der Waals surface area contributed by atoms with Gasteiger partial charge in [-0.3, -0.25) is 4.79 Å². The Morgan fingerprint density at radius 1 is 1.10 bits per heavy atom. The molecule has 0 spiro atoms. The van der Waals surface area contributed by atoms with Crippen molar-refractivity contribution in [2.24, 2.45) is 46.3 Å². The maximum Gasteiger partial charge on any atom is 0.161 e. The van der Waals surface area contributed by atoms with Crippen molar-refractivity contribution >= 4 is 11.8 Å². The summed E-state index contributed by atoms with van der Waals surface area (Å²) >= 11 is 0. The third kappa shape index (κ3) is 4.08. The van der Waals surface area contributed by atoms with E-state index in [0.29, 0.717) is 11.8 Å². The zero-order valence-corrected chi connectivity index (χ0v) is 19.2. The van der Waals surface area contributed by atoms with Crippen LogP contribution < -0.4 is 5.11 Å². The number of carbonyl (C=O) groups is 2. The van der Waals surface area contributed by atoms with Crippen LogP contribution in [-0.2, 0) is 9.59 Å². The predicted molar refractivity (Wildman–Crippen MR) is 115 cm³/mol. The summed E-state index contributed by atoms with van der Waals surface area (Å²) in [5, 5.41) is 12.4. The van der Waals surface area contributed by atoms with Crippen LogP contribution >= 0.6 is 0 Å². The molecular formula is C26H41O3-. The Morgan fingerprint density at radius 2 is 1.83 bits per heavy atom. The fraction of sp³-hybridized carbons (Fsp3) is 0.846. The molecule has 0 aromatic carbocycles. The average molecular weight is 402 g/mol. The third-order valence-corrected chi connectivity index (χ3v) is 9.22. The van der Waals surface area contributed by atoms with Gasteiger partial charge in [0.05, 0.1) is 0 Å². The van der Waals surface area contributed by atoms with E-state index in [2.05, 4.69) is 27.7 Å². The van der Waals surface area contributed by atoms with Crippen LogP contribution in [0.25, 0.3) is 0 Å². The summed E-state index contributed by atoms with van der Waals surface area (Å²) < 4.78 is 0. The number of hydrogen-bond donors (Lipinski definition) is 0. The van der Waals surface area contributed by atoms with E-state index >= 15 is 0 Å². The van der Waals surface area contributed by atoms with Gasteiger partial charge in [-0.25, -0.2) is 0 Å². The minimum Gasteiger partial charge on any atom is -0.550 e. The lowest BCUT2D eigenvalue weighted by Crippen LogP contribution is -2.55. The van der Waals surface area contributed by atoms with Crippen LogP contribution in [0.5, 0.6) is 0 Å². The number of allylic oxidation sites excluding steroid dienone is 2. The molecule has 3 heteroatoms. The molecule has 3 aliphatic rings. The fourth-order valence-corrected chi connectivity index (χ4v) is 7.46. The van der Waals surface area contributed by atoms with Gasteiger partial charge in [-0.2, -0.15) is 0 Å². The SMILES string of the molecule is CC(C)CCC[C@@H](C)[C@@H]1CC[C@H]2[C@@H](C(=O)[O-])[C@@H]([C@@]3(C)CCC=CC3=O)CC[C@@]21C. The molecule has 7 atom stereocenters. The molecule has 2 fully saturated rings. The van der Waals surface area contributed by atoms with Crippen LogP contribution in [0.4, 0.5) is 0 Å². The first-order valence-corrected chi connectivity index (χ1v) is 12.0. The van der Waals surface area contributed by atoms with Crippen molar-refractivity contribution in [1.29, 1.82) is 0 Å². The Bertz CT molecular complexity index is 650. The van der Waals surface area contributed by atoms with E-state index in [1.165, 1.54) is 19.3 Å². The van der Waals surface area contributed by atoms with Gasteiger partial charge >= 0.3 is 0 Å². The van der Waals surface area contributed by atoms with Gasteiger partial charge in [-0.05, 0) is 79.6 Å². The van der Waals surface area contributed by atoms with Gasteiger partial charge in [0.25, 0.3) is 0 Å². The molecule has 0 unspecified atom stereocenters. The first-order valence-electron chi connectivity index (χ1n) is 12.0. The molecule has 0 saturated heterocycles. The molecule has 0 aromatic heterocycles. The monoisotopic (exact) mass is 401 g/mol. The van der Waals surface area contributed by atoms with Crippen molar-refractivity contribution in [3.8, 4) is 0 Å². The first kappa shape index (κ1) is 22.6. The minimum absolute atomic E-state index is 0.0718. The van der Waals surface area contributed by atoms with Crippen LogP contribution in [0.2, 0.25) is 0 Å². The smallest absolute Gasteiger partial charge is 0.161 e. The van der Waals surface area contributed by atoms with E-state index in [0.717, 1.165) is 44.4 Å². The Balaban J connectivity index is 1.80. The van der Waals surface area contributed by atoms with Crippen molar-refractivity contribution in [3.05, 3.63) is 12.2 Å². The number of ketones is 1. The van der Waals surface area contributed by atoms with Crippen LogP contribution in [0.1, 0.15) is 92.4 Å². The lowest BCUT2D eigenvalue weighted by molar-refractivity contribution is -0.319. The van der Waals surface area contributed by atoms with Crippen molar-refractivity contribution < 1.29 is 14.7 Å². The van der Waals surface area contributed by atoms with Gasteiger partial charge in [-0.15, -0.1) is 0 Å². The molecule has 29 heavy (non-hydrogen) atoms. The number of rotatable bonds is 7. The van der Waals surface area contributed by atoms with Crippen molar-refractivity contribution in [1.82, 2.24) is 0 Å². The Morgan fingerprint density at radius 3 is 2.45 bits per heavy atom. The number of carboxylic acids is 1. The topological polar surface area (TPSA) is 57.2 Å². The van der Waals surface area contributed by atoms with Crippen molar-refractivity contribution in [3.63, 3.8) is 0 Å².